The maximum atomic E-state index is 10.7. The molecule has 0 saturated heterocycles. The van der Waals surface area contributed by atoms with Gasteiger partial charge in [-0.05, 0) is 35.2 Å². The Morgan fingerprint density at radius 1 is 1.47 bits per heavy atom. The first-order valence-corrected chi connectivity index (χ1v) is 5.41. The summed E-state index contributed by atoms with van der Waals surface area (Å²) in [5.41, 5.74) is -0.563. The van der Waals surface area contributed by atoms with E-state index in [0.717, 1.165) is 23.7 Å². The van der Waals surface area contributed by atoms with Crippen molar-refractivity contribution in [3.63, 3.8) is 0 Å². The monoisotopic (exact) mass is 271 g/mol. The van der Waals surface area contributed by atoms with E-state index >= 15 is 0 Å². The summed E-state index contributed by atoms with van der Waals surface area (Å²) in [7, 11) is 0. The summed E-state index contributed by atoms with van der Waals surface area (Å²) in [5.74, 6) is 0.555. The largest absolute Gasteiger partial charge is 0.465 e. The standard InChI is InChI=1S/C9H10BrN3O2/c10-6-4-11-7(12-5-6)9(2-1-3-9)13-8(14)15/h4-5,13H,1-3H2,(H,14,15). The summed E-state index contributed by atoms with van der Waals surface area (Å²) >= 11 is 3.24. The molecule has 1 amide bonds. The van der Waals surface area contributed by atoms with Gasteiger partial charge in [-0.1, -0.05) is 0 Å². The topological polar surface area (TPSA) is 75.1 Å². The Labute approximate surface area is 95.1 Å². The van der Waals surface area contributed by atoms with E-state index in [1.807, 2.05) is 0 Å². The molecule has 1 saturated carbocycles. The van der Waals surface area contributed by atoms with E-state index in [-0.39, 0.29) is 0 Å². The predicted molar refractivity (Wildman–Crippen MR) is 56.4 cm³/mol. The van der Waals surface area contributed by atoms with Gasteiger partial charge in [-0.25, -0.2) is 14.8 Å². The SMILES string of the molecule is O=C(O)NC1(c2ncc(Br)cn2)CCC1. The van der Waals surface area contributed by atoms with Gasteiger partial charge in [0.1, 0.15) is 5.54 Å². The zero-order chi connectivity index (χ0) is 10.9. The van der Waals surface area contributed by atoms with Crippen molar-refractivity contribution in [2.75, 3.05) is 0 Å². The number of amides is 1. The van der Waals surface area contributed by atoms with Gasteiger partial charge >= 0.3 is 6.09 Å². The van der Waals surface area contributed by atoms with Crippen molar-refractivity contribution in [2.45, 2.75) is 24.8 Å². The van der Waals surface area contributed by atoms with Crippen LogP contribution in [0.15, 0.2) is 16.9 Å². The highest BCUT2D eigenvalue weighted by Crippen LogP contribution is 2.39. The summed E-state index contributed by atoms with van der Waals surface area (Å²) in [5, 5.41) is 11.3. The second kappa shape index (κ2) is 3.77. The lowest BCUT2D eigenvalue weighted by atomic mass is 9.76. The van der Waals surface area contributed by atoms with E-state index in [4.69, 9.17) is 5.11 Å². The molecule has 5 nitrogen and oxygen atoms in total. The first-order valence-electron chi connectivity index (χ1n) is 4.61. The fourth-order valence-corrected chi connectivity index (χ4v) is 1.90. The minimum Gasteiger partial charge on any atom is -0.465 e. The summed E-state index contributed by atoms with van der Waals surface area (Å²) in [6.45, 7) is 0. The molecule has 2 rings (SSSR count). The zero-order valence-electron chi connectivity index (χ0n) is 7.90. The average molecular weight is 272 g/mol. The van der Waals surface area contributed by atoms with Crippen molar-refractivity contribution in [3.05, 3.63) is 22.7 Å². The van der Waals surface area contributed by atoms with Crippen molar-refractivity contribution in [3.8, 4) is 0 Å². The highest BCUT2D eigenvalue weighted by atomic mass is 79.9. The quantitative estimate of drug-likeness (QED) is 0.862. The summed E-state index contributed by atoms with van der Waals surface area (Å²) in [6.07, 6.45) is 4.76. The number of aromatic nitrogens is 2. The van der Waals surface area contributed by atoms with Gasteiger partial charge in [0.05, 0.1) is 4.47 Å². The first-order chi connectivity index (χ1) is 7.12. The van der Waals surface area contributed by atoms with E-state index in [1.54, 1.807) is 12.4 Å². The molecule has 0 unspecified atom stereocenters. The van der Waals surface area contributed by atoms with Crippen molar-refractivity contribution in [1.29, 1.82) is 0 Å². The molecule has 0 atom stereocenters. The Morgan fingerprint density at radius 3 is 2.47 bits per heavy atom. The molecule has 1 heterocycles. The third-order valence-corrected chi connectivity index (χ3v) is 3.01. The summed E-state index contributed by atoms with van der Waals surface area (Å²) in [4.78, 5) is 19.0. The number of halogens is 1. The van der Waals surface area contributed by atoms with Gasteiger partial charge < -0.3 is 10.4 Å². The molecular weight excluding hydrogens is 262 g/mol. The van der Waals surface area contributed by atoms with Crippen molar-refractivity contribution in [2.24, 2.45) is 0 Å². The minimum absolute atomic E-state index is 0.555. The fraction of sp³-hybridized carbons (Fsp3) is 0.444. The maximum Gasteiger partial charge on any atom is 0.405 e. The van der Waals surface area contributed by atoms with Crippen LogP contribution in [-0.4, -0.2) is 21.2 Å². The third kappa shape index (κ3) is 1.94. The Morgan fingerprint density at radius 2 is 2.07 bits per heavy atom. The molecule has 0 aliphatic heterocycles. The number of hydrogen-bond acceptors (Lipinski definition) is 3. The number of hydrogen-bond donors (Lipinski definition) is 2. The van der Waals surface area contributed by atoms with Gasteiger partial charge in [0.2, 0.25) is 0 Å². The van der Waals surface area contributed by atoms with Crippen molar-refractivity contribution >= 4 is 22.0 Å². The van der Waals surface area contributed by atoms with Crippen LogP contribution in [0.3, 0.4) is 0 Å². The molecule has 0 aromatic carbocycles. The molecule has 1 fully saturated rings. The van der Waals surface area contributed by atoms with Crippen LogP contribution in [0, 0.1) is 0 Å². The molecule has 2 N–H and O–H groups in total. The molecule has 0 radical (unpaired) electrons. The van der Waals surface area contributed by atoms with Gasteiger partial charge in [-0.3, -0.25) is 0 Å². The molecule has 1 aliphatic carbocycles. The number of rotatable bonds is 2. The molecule has 1 aromatic rings. The van der Waals surface area contributed by atoms with E-state index in [9.17, 15) is 4.79 Å². The second-order valence-corrected chi connectivity index (χ2v) is 4.51. The zero-order valence-corrected chi connectivity index (χ0v) is 9.49. The van der Waals surface area contributed by atoms with Crippen LogP contribution >= 0.6 is 15.9 Å². The van der Waals surface area contributed by atoms with E-state index in [2.05, 4.69) is 31.2 Å². The van der Waals surface area contributed by atoms with E-state index in [0.29, 0.717) is 5.82 Å². The van der Waals surface area contributed by atoms with Crippen LogP contribution in [0.25, 0.3) is 0 Å². The number of carboxylic acid groups (broad SMARTS) is 1. The number of nitrogens with zero attached hydrogens (tertiary/aromatic N) is 2. The minimum atomic E-state index is -1.03. The van der Waals surface area contributed by atoms with Crippen LogP contribution in [-0.2, 0) is 5.54 Å². The average Bonchev–Trinajstić information content (AvgIpc) is 2.13. The molecule has 0 spiro atoms. The highest BCUT2D eigenvalue weighted by molar-refractivity contribution is 9.10. The number of nitrogens with one attached hydrogen (secondary N) is 1. The van der Waals surface area contributed by atoms with Crippen molar-refractivity contribution < 1.29 is 9.90 Å². The Bertz CT molecular complexity index is 375. The Balaban J connectivity index is 2.26. The lowest BCUT2D eigenvalue weighted by molar-refractivity contribution is 0.138. The van der Waals surface area contributed by atoms with Crippen LogP contribution in [0.2, 0.25) is 0 Å². The van der Waals surface area contributed by atoms with Crippen molar-refractivity contribution in [1.82, 2.24) is 15.3 Å². The van der Waals surface area contributed by atoms with Crippen LogP contribution in [0.4, 0.5) is 4.79 Å². The van der Waals surface area contributed by atoms with E-state index < -0.39 is 11.6 Å². The normalized spacial score (nSPS) is 17.9. The van der Waals surface area contributed by atoms with Crippen LogP contribution in [0.1, 0.15) is 25.1 Å². The van der Waals surface area contributed by atoms with Gasteiger partial charge in [0.25, 0.3) is 0 Å². The van der Waals surface area contributed by atoms with Gasteiger partial charge in [0, 0.05) is 12.4 Å². The lowest BCUT2D eigenvalue weighted by Gasteiger charge is -2.39. The Hall–Kier alpha value is -1.17. The van der Waals surface area contributed by atoms with Crippen LogP contribution in [0.5, 0.6) is 0 Å². The lowest BCUT2D eigenvalue weighted by Crippen LogP contribution is -2.51. The third-order valence-electron chi connectivity index (χ3n) is 2.60. The van der Waals surface area contributed by atoms with Gasteiger partial charge in [-0.15, -0.1) is 0 Å². The predicted octanol–water partition coefficient (Wildman–Crippen LogP) is 1.89. The van der Waals surface area contributed by atoms with Gasteiger partial charge in [0.15, 0.2) is 5.82 Å². The molecule has 1 aliphatic rings. The molecular formula is C9H10BrN3O2. The molecule has 1 aromatic heterocycles. The first kappa shape index (κ1) is 10.4. The molecule has 15 heavy (non-hydrogen) atoms. The summed E-state index contributed by atoms with van der Waals surface area (Å²) in [6, 6.07) is 0. The van der Waals surface area contributed by atoms with Gasteiger partial charge in [-0.2, -0.15) is 0 Å². The number of carbonyl (C=O) groups is 1. The maximum absolute atomic E-state index is 10.7. The molecule has 80 valence electrons. The Kier molecular flexibility index (Phi) is 2.60. The van der Waals surface area contributed by atoms with E-state index in [1.165, 1.54) is 0 Å². The van der Waals surface area contributed by atoms with Crippen LogP contribution < -0.4 is 5.32 Å². The molecule has 6 heteroatoms. The summed E-state index contributed by atoms with van der Waals surface area (Å²) < 4.78 is 0.788. The smallest absolute Gasteiger partial charge is 0.405 e. The molecule has 0 bridgehead atoms. The second-order valence-electron chi connectivity index (χ2n) is 3.59. The fourth-order valence-electron chi connectivity index (χ4n) is 1.70. The highest BCUT2D eigenvalue weighted by Gasteiger charge is 2.42.